The van der Waals surface area contributed by atoms with Crippen molar-refractivity contribution in [3.05, 3.63) is 0 Å². The van der Waals surface area contributed by atoms with Crippen LogP contribution in [0.25, 0.3) is 0 Å². The van der Waals surface area contributed by atoms with Crippen LogP contribution in [0.3, 0.4) is 0 Å². The minimum atomic E-state index is -4.43. The van der Waals surface area contributed by atoms with Crippen LogP contribution in [0.4, 0.5) is 0 Å². The van der Waals surface area contributed by atoms with Crippen molar-refractivity contribution in [2.45, 2.75) is 123 Å². The number of rotatable bonds is 8. The zero-order valence-electron chi connectivity index (χ0n) is 24.4. The molecule has 3 N–H and O–H groups in total. The summed E-state index contributed by atoms with van der Waals surface area (Å²) in [6.45, 7) is 12.5. The maximum atomic E-state index is 12.7. The molecule has 4 saturated carbocycles. The lowest BCUT2D eigenvalue weighted by Gasteiger charge is -2.64. The Morgan fingerprint density at radius 1 is 1.05 bits per heavy atom. The summed E-state index contributed by atoms with van der Waals surface area (Å²) >= 11 is 0. The fraction of sp³-hybridized carbons (Fsp3) is 0.967. The van der Waals surface area contributed by atoms with Gasteiger partial charge in [0.05, 0.1) is 28.1 Å². The summed E-state index contributed by atoms with van der Waals surface area (Å²) in [4.78, 5) is 12.7. The van der Waals surface area contributed by atoms with Gasteiger partial charge in [-0.3, -0.25) is 4.79 Å². The Morgan fingerprint density at radius 2 is 1.68 bits per heavy atom. The van der Waals surface area contributed by atoms with Crippen molar-refractivity contribution in [1.82, 2.24) is 5.32 Å². The van der Waals surface area contributed by atoms with Crippen molar-refractivity contribution >= 4 is 16.0 Å². The molecule has 0 heterocycles. The Morgan fingerprint density at radius 3 is 2.32 bits per heavy atom. The highest BCUT2D eigenvalue weighted by Gasteiger charge is 2.64. The molecule has 1 amide bonds. The summed E-state index contributed by atoms with van der Waals surface area (Å²) in [5.74, 6) is 1.95. The van der Waals surface area contributed by atoms with Gasteiger partial charge in [-0.1, -0.05) is 34.1 Å². The Balaban J connectivity index is 1.45. The van der Waals surface area contributed by atoms with Crippen LogP contribution in [0.5, 0.6) is 0 Å². The first-order chi connectivity index (χ1) is 17.5. The van der Waals surface area contributed by atoms with Crippen molar-refractivity contribution in [3.8, 4) is 0 Å². The van der Waals surface area contributed by atoms with Crippen LogP contribution < -0.4 is 5.32 Å². The number of nitrogens with one attached hydrogen (secondary N) is 1. The zero-order valence-corrected chi connectivity index (χ0v) is 25.2. The molecule has 4 aliphatic rings. The van der Waals surface area contributed by atoms with E-state index in [-0.39, 0.29) is 34.9 Å². The van der Waals surface area contributed by atoms with Crippen molar-refractivity contribution in [1.29, 1.82) is 0 Å². The Labute approximate surface area is 230 Å². The molecule has 0 aromatic carbocycles. The van der Waals surface area contributed by atoms with Gasteiger partial charge in [0, 0.05) is 12.0 Å². The van der Waals surface area contributed by atoms with Crippen LogP contribution in [-0.2, 0) is 14.9 Å². The van der Waals surface area contributed by atoms with E-state index in [0.29, 0.717) is 41.9 Å². The van der Waals surface area contributed by atoms with Gasteiger partial charge < -0.3 is 20.1 Å². The van der Waals surface area contributed by atoms with E-state index >= 15 is 0 Å². The number of aliphatic hydroxyl groups excluding tert-OH is 2. The smallest absolute Gasteiger partial charge is 0.220 e. The van der Waals surface area contributed by atoms with Crippen LogP contribution in [0.15, 0.2) is 0 Å². The van der Waals surface area contributed by atoms with E-state index in [1.165, 1.54) is 0 Å². The maximum absolute atomic E-state index is 12.7. The molecular weight excluding hydrogens is 502 g/mol. The summed E-state index contributed by atoms with van der Waals surface area (Å²) < 4.78 is 33.5. The van der Waals surface area contributed by atoms with E-state index in [1.54, 1.807) is 13.8 Å². The molecule has 4 rings (SSSR count). The first-order valence-electron chi connectivity index (χ1n) is 15.1. The second-order valence-corrected chi connectivity index (χ2v) is 16.2. The van der Waals surface area contributed by atoms with Gasteiger partial charge in [-0.2, -0.15) is 0 Å². The monoisotopic (exact) mass is 554 g/mol. The molecule has 0 radical (unpaired) electrons. The molecule has 38 heavy (non-hydrogen) atoms. The van der Waals surface area contributed by atoms with Crippen LogP contribution in [0.1, 0.15) is 106 Å². The molecule has 7 nitrogen and oxygen atoms in total. The summed E-state index contributed by atoms with van der Waals surface area (Å²) in [5, 5.41) is 25.1. The number of carbonyl (C=O) groups excluding carboxylic acids is 1. The van der Waals surface area contributed by atoms with E-state index in [2.05, 4.69) is 33.0 Å². The van der Waals surface area contributed by atoms with Gasteiger partial charge in [-0.15, -0.1) is 0 Å². The lowest BCUT2D eigenvalue weighted by molar-refractivity contribution is -0.203. The minimum absolute atomic E-state index is 0.142. The van der Waals surface area contributed by atoms with Crippen LogP contribution >= 0.6 is 0 Å². The molecule has 0 aromatic heterocycles. The Bertz CT molecular complexity index is 983. The highest BCUT2D eigenvalue weighted by Crippen LogP contribution is 2.69. The molecule has 220 valence electrons. The Kier molecular flexibility index (Phi) is 8.45. The Hall–Kier alpha value is -0.700. The number of hydrogen-bond donors (Lipinski definition) is 3. The predicted octanol–water partition coefficient (Wildman–Crippen LogP) is 4.47. The third-order valence-electron chi connectivity index (χ3n) is 12.0. The maximum Gasteiger partial charge on any atom is 0.220 e. The van der Waals surface area contributed by atoms with Gasteiger partial charge in [-0.05, 0) is 117 Å². The van der Waals surface area contributed by atoms with Gasteiger partial charge in [0.15, 0.2) is 0 Å². The SMILES string of the molecule is CC[C@H]1[C@@H](O)[C@@H]2[C@H](CC[C@]3(C)[C@@H]([C@H](C)CCC(=O)NC(C)(C)CS(=O)(=O)[O-])CC[C@@H]23)[C@@]2(C)CC[C@@H](O)C[C@@H]12. The van der Waals surface area contributed by atoms with Crippen LogP contribution in [0.2, 0.25) is 0 Å². The zero-order chi connectivity index (χ0) is 28.3. The third-order valence-corrected chi connectivity index (χ3v) is 13.1. The van der Waals surface area contributed by atoms with Crippen LogP contribution in [0, 0.1) is 52.3 Å². The average Bonchev–Trinajstić information content (AvgIpc) is 3.14. The van der Waals surface area contributed by atoms with Gasteiger partial charge in [-0.25, -0.2) is 8.42 Å². The van der Waals surface area contributed by atoms with E-state index in [9.17, 15) is 28.0 Å². The molecule has 0 saturated heterocycles. The minimum Gasteiger partial charge on any atom is -0.748 e. The molecule has 0 aliphatic heterocycles. The quantitative estimate of drug-likeness (QED) is 0.380. The van der Waals surface area contributed by atoms with Crippen LogP contribution in [-0.4, -0.2) is 52.6 Å². The predicted molar refractivity (Wildman–Crippen MR) is 147 cm³/mol. The van der Waals surface area contributed by atoms with Gasteiger partial charge in [0.1, 0.15) is 0 Å². The molecule has 4 aliphatic carbocycles. The molecule has 0 aromatic rings. The number of carbonyl (C=O) groups is 1. The second-order valence-electron chi connectivity index (χ2n) is 14.8. The van der Waals surface area contributed by atoms with Crippen molar-refractivity contribution in [3.63, 3.8) is 0 Å². The number of hydrogen-bond acceptors (Lipinski definition) is 6. The highest BCUT2D eigenvalue weighted by molar-refractivity contribution is 7.85. The molecular formula is C30H52NO6S-. The summed E-state index contributed by atoms with van der Waals surface area (Å²) in [7, 11) is -4.43. The second kappa shape index (κ2) is 10.6. The lowest BCUT2D eigenvalue weighted by atomic mass is 9.41. The lowest BCUT2D eigenvalue weighted by Crippen LogP contribution is -2.62. The fourth-order valence-corrected chi connectivity index (χ4v) is 11.4. The van der Waals surface area contributed by atoms with Gasteiger partial charge >= 0.3 is 0 Å². The molecule has 8 heteroatoms. The van der Waals surface area contributed by atoms with E-state index < -0.39 is 21.4 Å². The third kappa shape index (κ3) is 5.58. The first-order valence-corrected chi connectivity index (χ1v) is 16.7. The van der Waals surface area contributed by atoms with Gasteiger partial charge in [0.25, 0.3) is 0 Å². The summed E-state index contributed by atoms with van der Waals surface area (Å²) in [5.41, 5.74) is -0.749. The van der Waals surface area contributed by atoms with E-state index in [1.807, 2.05) is 0 Å². The largest absolute Gasteiger partial charge is 0.748 e. The van der Waals surface area contributed by atoms with E-state index in [4.69, 9.17) is 0 Å². The average molecular weight is 555 g/mol. The molecule has 0 spiro atoms. The van der Waals surface area contributed by atoms with E-state index in [0.717, 1.165) is 57.8 Å². The molecule has 0 unspecified atom stereocenters. The normalized spacial score (nSPS) is 44.0. The number of aliphatic hydroxyl groups is 2. The molecule has 0 bridgehead atoms. The van der Waals surface area contributed by atoms with Crippen molar-refractivity contribution in [2.24, 2.45) is 52.3 Å². The van der Waals surface area contributed by atoms with Crippen molar-refractivity contribution in [2.75, 3.05) is 5.75 Å². The molecule has 4 fully saturated rings. The summed E-state index contributed by atoms with van der Waals surface area (Å²) in [6.07, 6.45) is 8.77. The van der Waals surface area contributed by atoms with Gasteiger partial charge in [0.2, 0.25) is 5.91 Å². The topological polar surface area (TPSA) is 127 Å². The highest BCUT2D eigenvalue weighted by atomic mass is 32.2. The number of amides is 1. The fourth-order valence-electron chi connectivity index (χ4n) is 10.4. The number of fused-ring (bicyclic) bond motifs is 5. The standard InChI is InChI=1S/C30H53NO6S/c1-7-20-24-16-19(32)12-14-30(24,6)23-13-15-29(5)21(9-10-22(29)26(23)27(20)34)18(2)8-11-25(33)31-28(3,4)17-38(35,36)37/h18-24,26-27,32,34H,7-17H2,1-6H3,(H,31,33)(H,35,36,37)/p-1/t18-,19-,20-,21-,22+,23+,24+,26+,27-,29-,30-/m1/s1. The first kappa shape index (κ1) is 30.3. The summed E-state index contributed by atoms with van der Waals surface area (Å²) in [6, 6.07) is 0. The molecule has 11 atom stereocenters. The van der Waals surface area contributed by atoms with Crippen molar-refractivity contribution < 1.29 is 28.0 Å².